The predicted molar refractivity (Wildman–Crippen MR) is 80.8 cm³/mol. The van der Waals surface area contributed by atoms with Gasteiger partial charge in [-0.3, -0.25) is 4.79 Å². The van der Waals surface area contributed by atoms with Gasteiger partial charge in [0.1, 0.15) is 16.9 Å². The number of hydrogen-bond acceptors (Lipinski definition) is 5. The molecule has 0 saturated heterocycles. The number of carbonyl (C=O) groups is 1. The van der Waals surface area contributed by atoms with Gasteiger partial charge in [-0.15, -0.1) is 11.3 Å². The van der Waals surface area contributed by atoms with Crippen molar-refractivity contribution >= 4 is 28.9 Å². The molecule has 0 aliphatic carbocycles. The van der Waals surface area contributed by atoms with Crippen molar-refractivity contribution in [3.8, 4) is 10.6 Å². The Morgan fingerprint density at radius 2 is 2.33 bits per heavy atom. The Kier molecular flexibility index (Phi) is 5.27. The van der Waals surface area contributed by atoms with Gasteiger partial charge in [0, 0.05) is 23.1 Å². The molecule has 1 atom stereocenters. The van der Waals surface area contributed by atoms with E-state index in [-0.39, 0.29) is 5.02 Å². The number of halogens is 2. The van der Waals surface area contributed by atoms with E-state index in [1.807, 2.05) is 0 Å². The van der Waals surface area contributed by atoms with E-state index in [1.165, 1.54) is 23.5 Å². The molecule has 0 amide bonds. The summed E-state index contributed by atoms with van der Waals surface area (Å²) in [6, 6.07) is 3.71. The molecule has 2 aromatic rings. The summed E-state index contributed by atoms with van der Waals surface area (Å²) in [6.07, 6.45) is 2.00. The maximum absolute atomic E-state index is 13.1. The fraction of sp³-hybridized carbons (Fsp3) is 0.286. The van der Waals surface area contributed by atoms with Gasteiger partial charge >= 0.3 is 5.97 Å². The third-order valence-corrected chi connectivity index (χ3v) is 4.09. The molecule has 1 heterocycles. The summed E-state index contributed by atoms with van der Waals surface area (Å²) in [6.45, 7) is 2.03. The number of ether oxygens (including phenoxy) is 1. The second kappa shape index (κ2) is 6.98. The molecule has 0 spiro atoms. The zero-order chi connectivity index (χ0) is 15.4. The fourth-order valence-electron chi connectivity index (χ4n) is 1.71. The SMILES string of the molecule is CCOC(=O)C(N)Cc1cnc(-c2ccc(F)c(Cl)c2)s1. The first kappa shape index (κ1) is 15.9. The monoisotopic (exact) mass is 328 g/mol. The molecule has 112 valence electrons. The molecule has 1 aromatic carbocycles. The van der Waals surface area contributed by atoms with Gasteiger partial charge in [-0.25, -0.2) is 9.37 Å². The molecule has 21 heavy (non-hydrogen) atoms. The summed E-state index contributed by atoms with van der Waals surface area (Å²) in [5.74, 6) is -0.904. The minimum absolute atomic E-state index is 0.0486. The first-order valence-corrected chi connectivity index (χ1v) is 7.53. The highest BCUT2D eigenvalue weighted by Gasteiger charge is 2.17. The summed E-state index contributed by atoms with van der Waals surface area (Å²) in [5, 5.41) is 0.746. The lowest BCUT2D eigenvalue weighted by Gasteiger charge is -2.08. The van der Waals surface area contributed by atoms with Crippen LogP contribution < -0.4 is 5.73 Å². The van der Waals surface area contributed by atoms with Gasteiger partial charge in [-0.1, -0.05) is 11.6 Å². The van der Waals surface area contributed by atoms with Crippen molar-refractivity contribution in [3.63, 3.8) is 0 Å². The molecule has 0 bridgehead atoms. The molecule has 1 aromatic heterocycles. The van der Waals surface area contributed by atoms with Crippen molar-refractivity contribution in [1.29, 1.82) is 0 Å². The molecule has 0 aliphatic rings. The second-order valence-corrected chi connectivity index (χ2v) is 5.85. The van der Waals surface area contributed by atoms with Crippen molar-refractivity contribution < 1.29 is 13.9 Å². The van der Waals surface area contributed by atoms with Crippen molar-refractivity contribution in [1.82, 2.24) is 4.98 Å². The lowest BCUT2D eigenvalue weighted by Crippen LogP contribution is -2.34. The van der Waals surface area contributed by atoms with Crippen LogP contribution in [-0.4, -0.2) is 23.6 Å². The van der Waals surface area contributed by atoms with Crippen molar-refractivity contribution in [3.05, 3.63) is 40.1 Å². The van der Waals surface area contributed by atoms with Crippen LogP contribution in [0.3, 0.4) is 0 Å². The Bertz CT molecular complexity index is 648. The van der Waals surface area contributed by atoms with Crippen molar-refractivity contribution in [2.24, 2.45) is 5.73 Å². The highest BCUT2D eigenvalue weighted by atomic mass is 35.5. The molecule has 1 unspecified atom stereocenters. The minimum Gasteiger partial charge on any atom is -0.465 e. The van der Waals surface area contributed by atoms with E-state index in [2.05, 4.69) is 4.98 Å². The standard InChI is InChI=1S/C14H14ClFN2O2S/c1-2-20-14(19)12(17)6-9-7-18-13(21-9)8-3-4-11(16)10(15)5-8/h3-5,7,12H,2,6,17H2,1H3. The molecule has 0 saturated carbocycles. The number of nitrogens with two attached hydrogens (primary N) is 1. The Morgan fingerprint density at radius 1 is 1.57 bits per heavy atom. The Hall–Kier alpha value is -1.50. The first-order valence-electron chi connectivity index (χ1n) is 6.33. The van der Waals surface area contributed by atoms with Crippen LogP contribution in [0, 0.1) is 5.82 Å². The van der Waals surface area contributed by atoms with E-state index in [0.29, 0.717) is 18.0 Å². The summed E-state index contributed by atoms with van der Waals surface area (Å²) >= 11 is 7.14. The van der Waals surface area contributed by atoms with Crippen LogP contribution in [0.4, 0.5) is 4.39 Å². The smallest absolute Gasteiger partial charge is 0.323 e. The molecular formula is C14H14ClFN2O2S. The minimum atomic E-state index is -0.713. The Labute approximate surface area is 130 Å². The third kappa shape index (κ3) is 4.00. The van der Waals surface area contributed by atoms with Crippen LogP contribution in [0.1, 0.15) is 11.8 Å². The normalized spacial score (nSPS) is 12.2. The zero-order valence-corrected chi connectivity index (χ0v) is 12.9. The van der Waals surface area contributed by atoms with E-state index >= 15 is 0 Å². The maximum Gasteiger partial charge on any atom is 0.323 e. The van der Waals surface area contributed by atoms with Crippen LogP contribution in [0.2, 0.25) is 5.02 Å². The largest absolute Gasteiger partial charge is 0.465 e. The molecule has 2 N–H and O–H groups in total. The highest BCUT2D eigenvalue weighted by molar-refractivity contribution is 7.15. The summed E-state index contributed by atoms with van der Waals surface area (Å²) in [4.78, 5) is 16.6. The van der Waals surface area contributed by atoms with Gasteiger partial charge < -0.3 is 10.5 Å². The number of aromatic nitrogens is 1. The van der Waals surface area contributed by atoms with E-state index in [4.69, 9.17) is 22.1 Å². The van der Waals surface area contributed by atoms with E-state index in [1.54, 1.807) is 19.2 Å². The van der Waals surface area contributed by atoms with Crippen molar-refractivity contribution in [2.75, 3.05) is 6.61 Å². The van der Waals surface area contributed by atoms with Crippen LogP contribution in [0.25, 0.3) is 10.6 Å². The summed E-state index contributed by atoms with van der Waals surface area (Å²) in [5.41, 5.74) is 6.49. The van der Waals surface area contributed by atoms with Gasteiger partial charge in [0.05, 0.1) is 11.6 Å². The fourth-order valence-corrected chi connectivity index (χ4v) is 2.86. The Morgan fingerprint density at radius 3 is 3.00 bits per heavy atom. The van der Waals surface area contributed by atoms with Gasteiger partial charge in [-0.2, -0.15) is 0 Å². The van der Waals surface area contributed by atoms with Crippen LogP contribution in [-0.2, 0) is 16.0 Å². The summed E-state index contributed by atoms with van der Waals surface area (Å²) < 4.78 is 18.0. The molecule has 0 radical (unpaired) electrons. The van der Waals surface area contributed by atoms with E-state index in [9.17, 15) is 9.18 Å². The first-order chi connectivity index (χ1) is 10.0. The molecular weight excluding hydrogens is 315 g/mol. The van der Waals surface area contributed by atoms with Crippen LogP contribution >= 0.6 is 22.9 Å². The molecule has 7 heteroatoms. The lowest BCUT2D eigenvalue weighted by molar-refractivity contribution is -0.144. The number of esters is 1. The van der Waals surface area contributed by atoms with E-state index < -0.39 is 17.8 Å². The molecule has 0 aliphatic heterocycles. The average Bonchev–Trinajstić information content (AvgIpc) is 2.90. The van der Waals surface area contributed by atoms with Gasteiger partial charge in [0.15, 0.2) is 0 Å². The number of thiazole rings is 1. The number of benzene rings is 1. The summed E-state index contributed by atoms with van der Waals surface area (Å²) in [7, 11) is 0. The second-order valence-electron chi connectivity index (χ2n) is 4.32. The maximum atomic E-state index is 13.1. The van der Waals surface area contributed by atoms with Crippen LogP contribution in [0.15, 0.2) is 24.4 Å². The van der Waals surface area contributed by atoms with Gasteiger partial charge in [-0.05, 0) is 25.1 Å². The topological polar surface area (TPSA) is 65.2 Å². The van der Waals surface area contributed by atoms with Gasteiger partial charge in [0.25, 0.3) is 0 Å². The zero-order valence-electron chi connectivity index (χ0n) is 11.3. The number of nitrogens with zero attached hydrogens (tertiary/aromatic N) is 1. The van der Waals surface area contributed by atoms with Crippen molar-refractivity contribution in [2.45, 2.75) is 19.4 Å². The van der Waals surface area contributed by atoms with E-state index in [0.717, 1.165) is 10.4 Å². The number of carbonyl (C=O) groups excluding carboxylic acids is 1. The number of rotatable bonds is 5. The van der Waals surface area contributed by atoms with Crippen LogP contribution in [0.5, 0.6) is 0 Å². The third-order valence-electron chi connectivity index (χ3n) is 2.73. The highest BCUT2D eigenvalue weighted by Crippen LogP contribution is 2.28. The number of hydrogen-bond donors (Lipinski definition) is 1. The average molecular weight is 329 g/mol. The quantitative estimate of drug-likeness (QED) is 0.857. The van der Waals surface area contributed by atoms with Gasteiger partial charge in [0.2, 0.25) is 0 Å². The molecule has 4 nitrogen and oxygen atoms in total. The molecule has 0 fully saturated rings. The Balaban J connectivity index is 2.10. The predicted octanol–water partition coefficient (Wildman–Crippen LogP) is 3.04. The molecule has 2 rings (SSSR count). The lowest BCUT2D eigenvalue weighted by atomic mass is 10.2.